The number of hydrogen-bond donors (Lipinski definition) is 2. The first kappa shape index (κ1) is 23.6. The summed E-state index contributed by atoms with van der Waals surface area (Å²) in [6.07, 6.45) is 7.26. The Hall–Kier alpha value is -3.59. The predicted octanol–water partition coefficient (Wildman–Crippen LogP) is 5.01. The number of likely N-dealkylation sites (tertiary alicyclic amines) is 1. The number of nitrogens with one attached hydrogen (secondary N) is 2. The second-order valence-corrected chi connectivity index (χ2v) is 8.10. The Morgan fingerprint density at radius 3 is 2.50 bits per heavy atom. The molecule has 1 aromatic heterocycles. The number of hydrogen-bond acceptors (Lipinski definition) is 6. The highest BCUT2D eigenvalue weighted by Crippen LogP contribution is 2.23. The molecule has 9 heteroatoms. The summed E-state index contributed by atoms with van der Waals surface area (Å²) in [7, 11) is 0. The number of carbonyl (C=O) groups excluding carboxylic acids is 1. The molecule has 0 aliphatic carbocycles. The molecule has 1 saturated heterocycles. The van der Waals surface area contributed by atoms with Crippen LogP contribution in [-0.4, -0.2) is 47.0 Å². The molecule has 0 bridgehead atoms. The molecule has 1 aliphatic rings. The van der Waals surface area contributed by atoms with E-state index in [1.54, 1.807) is 18.2 Å². The van der Waals surface area contributed by atoms with Gasteiger partial charge in [-0.15, -0.1) is 0 Å². The van der Waals surface area contributed by atoms with Gasteiger partial charge in [0.25, 0.3) is 5.91 Å². The van der Waals surface area contributed by atoms with E-state index in [1.807, 2.05) is 0 Å². The smallest absolute Gasteiger partial charge is 0.258 e. The quantitative estimate of drug-likeness (QED) is 0.431. The zero-order valence-electron chi connectivity index (χ0n) is 18.8. The summed E-state index contributed by atoms with van der Waals surface area (Å²) in [4.78, 5) is 22.9. The van der Waals surface area contributed by atoms with Crippen LogP contribution in [0.4, 0.5) is 26.1 Å². The summed E-state index contributed by atoms with van der Waals surface area (Å²) in [5.74, 6) is -1.16. The predicted molar refractivity (Wildman–Crippen MR) is 126 cm³/mol. The molecule has 7 nitrogen and oxygen atoms in total. The third-order valence-electron chi connectivity index (χ3n) is 5.55. The first-order valence-corrected chi connectivity index (χ1v) is 11.4. The van der Waals surface area contributed by atoms with E-state index < -0.39 is 17.5 Å². The molecule has 0 radical (unpaired) electrons. The van der Waals surface area contributed by atoms with Crippen LogP contribution in [0.15, 0.2) is 54.9 Å². The molecule has 2 N–H and O–H groups in total. The fourth-order valence-corrected chi connectivity index (χ4v) is 3.74. The minimum absolute atomic E-state index is 0.0685. The van der Waals surface area contributed by atoms with Crippen LogP contribution >= 0.6 is 0 Å². The van der Waals surface area contributed by atoms with Crippen molar-refractivity contribution >= 4 is 23.2 Å². The molecule has 0 unspecified atom stereocenters. The topological polar surface area (TPSA) is 79.4 Å². The number of carbonyl (C=O) groups is 1. The van der Waals surface area contributed by atoms with Gasteiger partial charge in [-0.05, 0) is 56.6 Å². The zero-order valence-corrected chi connectivity index (χ0v) is 18.8. The van der Waals surface area contributed by atoms with Crippen LogP contribution < -0.4 is 15.4 Å². The van der Waals surface area contributed by atoms with Gasteiger partial charge >= 0.3 is 0 Å². The molecule has 0 atom stereocenters. The molecule has 2 heterocycles. The maximum absolute atomic E-state index is 14.4. The van der Waals surface area contributed by atoms with Crippen LogP contribution in [0.25, 0.3) is 0 Å². The van der Waals surface area contributed by atoms with E-state index in [0.29, 0.717) is 12.3 Å². The normalized spacial score (nSPS) is 13.9. The number of rotatable bonds is 9. The Morgan fingerprint density at radius 2 is 1.76 bits per heavy atom. The summed E-state index contributed by atoms with van der Waals surface area (Å²) in [6, 6.07) is 10.4. The molecule has 3 aromatic rings. The van der Waals surface area contributed by atoms with E-state index in [1.165, 1.54) is 55.9 Å². The second-order valence-electron chi connectivity index (χ2n) is 8.10. The maximum atomic E-state index is 14.4. The highest BCUT2D eigenvalue weighted by molar-refractivity contribution is 6.03. The number of anilines is 3. The standard InChI is InChI=1S/C25H27F2N5O2/c26-20-7-2-3-8-22(20)31-24(33)18-16-28-25(29-17-18)30-19-9-10-23(21(27)15-19)34-14-6-13-32-11-4-1-5-12-32/h2-3,7-10,15-17H,1,4-6,11-14H2,(H,31,33)(H,28,29,30). The lowest BCUT2D eigenvalue weighted by Crippen LogP contribution is -2.31. The number of para-hydroxylation sites is 1. The third kappa shape index (κ3) is 6.48. The summed E-state index contributed by atoms with van der Waals surface area (Å²) in [5, 5.41) is 5.36. The molecule has 0 saturated carbocycles. The van der Waals surface area contributed by atoms with Gasteiger partial charge in [-0.2, -0.15) is 0 Å². The maximum Gasteiger partial charge on any atom is 0.258 e. The third-order valence-corrected chi connectivity index (χ3v) is 5.55. The van der Waals surface area contributed by atoms with Crippen LogP contribution in [0, 0.1) is 11.6 Å². The molecule has 1 amide bonds. The van der Waals surface area contributed by atoms with Crippen LogP contribution in [0.5, 0.6) is 5.75 Å². The number of halogens is 2. The van der Waals surface area contributed by atoms with Crippen molar-refractivity contribution < 1.29 is 18.3 Å². The highest BCUT2D eigenvalue weighted by atomic mass is 19.1. The Labute approximate surface area is 197 Å². The number of aromatic nitrogens is 2. The molecular formula is C25H27F2N5O2. The van der Waals surface area contributed by atoms with Crippen molar-refractivity contribution in [3.63, 3.8) is 0 Å². The Balaban J connectivity index is 1.27. The number of ether oxygens (including phenoxy) is 1. The molecule has 34 heavy (non-hydrogen) atoms. The van der Waals surface area contributed by atoms with E-state index in [4.69, 9.17) is 4.74 Å². The molecule has 2 aromatic carbocycles. The van der Waals surface area contributed by atoms with Gasteiger partial charge in [-0.3, -0.25) is 4.79 Å². The van der Waals surface area contributed by atoms with Gasteiger partial charge in [0.05, 0.1) is 17.9 Å². The lowest BCUT2D eigenvalue weighted by Gasteiger charge is -2.26. The average molecular weight is 468 g/mol. The Bertz CT molecular complexity index is 1100. The van der Waals surface area contributed by atoms with Crippen molar-refractivity contribution in [1.82, 2.24) is 14.9 Å². The van der Waals surface area contributed by atoms with E-state index in [-0.39, 0.29) is 22.9 Å². The molecule has 0 spiro atoms. The van der Waals surface area contributed by atoms with Crippen LogP contribution in [-0.2, 0) is 0 Å². The lowest BCUT2D eigenvalue weighted by molar-refractivity contribution is 0.102. The minimum Gasteiger partial charge on any atom is -0.490 e. The fraction of sp³-hybridized carbons (Fsp3) is 0.320. The van der Waals surface area contributed by atoms with Gasteiger partial charge in [0, 0.05) is 30.7 Å². The second kappa shape index (κ2) is 11.5. The summed E-state index contributed by atoms with van der Waals surface area (Å²) in [6.45, 7) is 3.69. The zero-order chi connectivity index (χ0) is 23.8. The van der Waals surface area contributed by atoms with E-state index in [9.17, 15) is 13.6 Å². The monoisotopic (exact) mass is 467 g/mol. The summed E-state index contributed by atoms with van der Waals surface area (Å²) in [5.41, 5.74) is 0.675. The van der Waals surface area contributed by atoms with Gasteiger partial charge < -0.3 is 20.3 Å². The van der Waals surface area contributed by atoms with Crippen LogP contribution in [0.3, 0.4) is 0 Å². The van der Waals surface area contributed by atoms with Crippen molar-refractivity contribution in [2.75, 3.05) is 36.9 Å². The number of piperidine rings is 1. The molecular weight excluding hydrogens is 440 g/mol. The van der Waals surface area contributed by atoms with Crippen molar-refractivity contribution in [3.8, 4) is 5.75 Å². The van der Waals surface area contributed by atoms with Gasteiger partial charge in [-0.1, -0.05) is 18.6 Å². The number of benzene rings is 2. The fourth-order valence-electron chi connectivity index (χ4n) is 3.74. The number of nitrogens with zero attached hydrogens (tertiary/aromatic N) is 3. The summed E-state index contributed by atoms with van der Waals surface area (Å²) >= 11 is 0. The van der Waals surface area contributed by atoms with Gasteiger partial charge in [-0.25, -0.2) is 18.7 Å². The van der Waals surface area contributed by atoms with Gasteiger partial charge in [0.1, 0.15) is 5.82 Å². The van der Waals surface area contributed by atoms with Crippen LogP contribution in [0.2, 0.25) is 0 Å². The van der Waals surface area contributed by atoms with E-state index >= 15 is 0 Å². The average Bonchev–Trinajstić information content (AvgIpc) is 2.85. The minimum atomic E-state index is -0.538. The van der Waals surface area contributed by atoms with Crippen LogP contribution in [0.1, 0.15) is 36.0 Å². The molecule has 1 aliphatic heterocycles. The van der Waals surface area contributed by atoms with Crippen molar-refractivity contribution in [2.24, 2.45) is 0 Å². The van der Waals surface area contributed by atoms with Crippen molar-refractivity contribution in [3.05, 3.63) is 72.1 Å². The largest absolute Gasteiger partial charge is 0.490 e. The van der Waals surface area contributed by atoms with Crippen molar-refractivity contribution in [1.29, 1.82) is 0 Å². The SMILES string of the molecule is O=C(Nc1ccccc1F)c1cnc(Nc2ccc(OCCCN3CCCCC3)c(F)c2)nc1. The molecule has 178 valence electrons. The molecule has 4 rings (SSSR count). The van der Waals surface area contributed by atoms with E-state index in [0.717, 1.165) is 26.1 Å². The Morgan fingerprint density at radius 1 is 1.00 bits per heavy atom. The highest BCUT2D eigenvalue weighted by Gasteiger charge is 2.12. The first-order chi connectivity index (χ1) is 16.6. The summed E-state index contributed by atoms with van der Waals surface area (Å²) < 4.78 is 33.7. The van der Waals surface area contributed by atoms with Gasteiger partial charge in [0.2, 0.25) is 5.95 Å². The first-order valence-electron chi connectivity index (χ1n) is 11.4. The lowest BCUT2D eigenvalue weighted by atomic mass is 10.1. The van der Waals surface area contributed by atoms with Gasteiger partial charge in [0.15, 0.2) is 11.6 Å². The van der Waals surface area contributed by atoms with E-state index in [2.05, 4.69) is 25.5 Å². The molecule has 1 fully saturated rings. The van der Waals surface area contributed by atoms with Crippen molar-refractivity contribution in [2.45, 2.75) is 25.7 Å². The number of amides is 1. The Kier molecular flexibility index (Phi) is 7.98.